The van der Waals surface area contributed by atoms with Gasteiger partial charge in [-0.25, -0.2) is 0 Å². The molecule has 1 aromatic carbocycles. The van der Waals surface area contributed by atoms with E-state index >= 15 is 0 Å². The van der Waals surface area contributed by atoms with Gasteiger partial charge in [0.2, 0.25) is 0 Å². The molecule has 4 nitrogen and oxygen atoms in total. The van der Waals surface area contributed by atoms with Gasteiger partial charge in [-0.1, -0.05) is 12.1 Å². The van der Waals surface area contributed by atoms with Gasteiger partial charge in [0.25, 0.3) is 5.91 Å². The lowest BCUT2D eigenvalue weighted by atomic mass is 10.2. The number of rotatable bonds is 5. The maximum absolute atomic E-state index is 11.8. The SMILES string of the molecule is CCNC(=O)c1cccc(NCc2ccc(C)nc2)c1. The molecule has 2 N–H and O–H groups in total. The minimum absolute atomic E-state index is 0.0480. The van der Waals surface area contributed by atoms with E-state index in [1.807, 2.05) is 56.4 Å². The molecule has 2 rings (SSSR count). The summed E-state index contributed by atoms with van der Waals surface area (Å²) in [7, 11) is 0. The standard InChI is InChI=1S/C16H19N3O/c1-3-17-16(20)14-5-4-6-15(9-14)19-11-13-8-7-12(2)18-10-13/h4-10,19H,3,11H2,1-2H3,(H,17,20). The van der Waals surface area contributed by atoms with Crippen LogP contribution in [0.1, 0.15) is 28.5 Å². The summed E-state index contributed by atoms with van der Waals surface area (Å²) < 4.78 is 0. The third kappa shape index (κ3) is 3.82. The van der Waals surface area contributed by atoms with E-state index in [1.165, 1.54) is 0 Å². The lowest BCUT2D eigenvalue weighted by Gasteiger charge is -2.08. The Bertz CT molecular complexity index is 579. The summed E-state index contributed by atoms with van der Waals surface area (Å²) in [4.78, 5) is 16.0. The zero-order chi connectivity index (χ0) is 14.4. The fourth-order valence-corrected chi connectivity index (χ4v) is 1.84. The third-order valence-electron chi connectivity index (χ3n) is 2.93. The number of nitrogens with one attached hydrogen (secondary N) is 2. The first-order chi connectivity index (χ1) is 9.69. The Kier molecular flexibility index (Phi) is 4.71. The first kappa shape index (κ1) is 14.1. The molecule has 4 heteroatoms. The molecule has 0 saturated heterocycles. The van der Waals surface area contributed by atoms with E-state index in [9.17, 15) is 4.79 Å². The van der Waals surface area contributed by atoms with Crippen molar-refractivity contribution < 1.29 is 4.79 Å². The number of carbonyl (C=O) groups is 1. The molecule has 0 aliphatic rings. The molecule has 0 radical (unpaired) electrons. The van der Waals surface area contributed by atoms with Crippen LogP contribution in [0.3, 0.4) is 0 Å². The second kappa shape index (κ2) is 6.70. The molecule has 1 amide bonds. The van der Waals surface area contributed by atoms with Gasteiger partial charge in [0, 0.05) is 36.2 Å². The molecule has 0 aliphatic heterocycles. The van der Waals surface area contributed by atoms with Crippen molar-refractivity contribution in [2.45, 2.75) is 20.4 Å². The topological polar surface area (TPSA) is 54.0 Å². The van der Waals surface area contributed by atoms with E-state index in [0.29, 0.717) is 18.7 Å². The van der Waals surface area contributed by atoms with Crippen LogP contribution >= 0.6 is 0 Å². The number of aromatic nitrogens is 1. The normalized spacial score (nSPS) is 10.1. The van der Waals surface area contributed by atoms with Crippen LogP contribution in [0, 0.1) is 6.92 Å². The average molecular weight is 269 g/mol. The van der Waals surface area contributed by atoms with Crippen LogP contribution in [0.2, 0.25) is 0 Å². The van der Waals surface area contributed by atoms with Crippen molar-refractivity contribution in [2.75, 3.05) is 11.9 Å². The second-order valence-electron chi connectivity index (χ2n) is 4.60. The van der Waals surface area contributed by atoms with Crippen LogP contribution in [0.25, 0.3) is 0 Å². The molecule has 0 fully saturated rings. The van der Waals surface area contributed by atoms with Crippen LogP contribution in [0.5, 0.6) is 0 Å². The summed E-state index contributed by atoms with van der Waals surface area (Å²) in [5.41, 5.74) is 3.71. The van der Waals surface area contributed by atoms with Crippen LogP contribution in [-0.4, -0.2) is 17.4 Å². The summed E-state index contributed by atoms with van der Waals surface area (Å²) in [6.45, 7) is 5.19. The van der Waals surface area contributed by atoms with Gasteiger partial charge in [0.1, 0.15) is 0 Å². The van der Waals surface area contributed by atoms with Crippen LogP contribution < -0.4 is 10.6 Å². The van der Waals surface area contributed by atoms with Gasteiger partial charge >= 0.3 is 0 Å². The van der Waals surface area contributed by atoms with Gasteiger partial charge in [-0.15, -0.1) is 0 Å². The van der Waals surface area contributed by atoms with Gasteiger partial charge in [-0.3, -0.25) is 9.78 Å². The molecule has 1 heterocycles. The molecule has 104 valence electrons. The van der Waals surface area contributed by atoms with Crippen molar-refractivity contribution in [3.63, 3.8) is 0 Å². The maximum Gasteiger partial charge on any atom is 0.251 e. The molecule has 0 unspecified atom stereocenters. The van der Waals surface area contributed by atoms with E-state index in [0.717, 1.165) is 16.9 Å². The summed E-state index contributed by atoms with van der Waals surface area (Å²) in [6.07, 6.45) is 1.86. The Morgan fingerprint density at radius 2 is 2.10 bits per heavy atom. The van der Waals surface area contributed by atoms with E-state index in [-0.39, 0.29) is 5.91 Å². The lowest BCUT2D eigenvalue weighted by molar-refractivity contribution is 0.0956. The molecule has 2 aromatic rings. The molecule has 0 spiro atoms. The van der Waals surface area contributed by atoms with E-state index in [4.69, 9.17) is 0 Å². The molecule has 0 saturated carbocycles. The molecule has 0 atom stereocenters. The number of nitrogens with zero attached hydrogens (tertiary/aromatic N) is 1. The minimum atomic E-state index is -0.0480. The van der Waals surface area contributed by atoms with Gasteiger partial charge < -0.3 is 10.6 Å². The lowest BCUT2D eigenvalue weighted by Crippen LogP contribution is -2.22. The van der Waals surface area contributed by atoms with Crippen molar-refractivity contribution in [1.82, 2.24) is 10.3 Å². The van der Waals surface area contributed by atoms with Crippen molar-refractivity contribution >= 4 is 11.6 Å². The van der Waals surface area contributed by atoms with Crippen molar-refractivity contribution in [3.8, 4) is 0 Å². The van der Waals surface area contributed by atoms with Crippen molar-refractivity contribution in [1.29, 1.82) is 0 Å². The van der Waals surface area contributed by atoms with E-state index in [1.54, 1.807) is 0 Å². The molecular formula is C16H19N3O. The van der Waals surface area contributed by atoms with Crippen LogP contribution in [0.4, 0.5) is 5.69 Å². The first-order valence-electron chi connectivity index (χ1n) is 6.72. The smallest absolute Gasteiger partial charge is 0.251 e. The second-order valence-corrected chi connectivity index (χ2v) is 4.60. The highest BCUT2D eigenvalue weighted by molar-refractivity contribution is 5.95. The zero-order valence-electron chi connectivity index (χ0n) is 11.8. The summed E-state index contributed by atoms with van der Waals surface area (Å²) in [5, 5.41) is 6.09. The molecule has 1 aromatic heterocycles. The molecule has 0 aliphatic carbocycles. The van der Waals surface area contributed by atoms with Gasteiger partial charge in [0.15, 0.2) is 0 Å². The number of benzene rings is 1. The third-order valence-corrected chi connectivity index (χ3v) is 2.93. The Hall–Kier alpha value is -2.36. The molecule has 0 bridgehead atoms. The average Bonchev–Trinajstić information content (AvgIpc) is 2.47. The van der Waals surface area contributed by atoms with Crippen molar-refractivity contribution in [2.24, 2.45) is 0 Å². The Morgan fingerprint density at radius 3 is 2.80 bits per heavy atom. The van der Waals surface area contributed by atoms with Gasteiger partial charge in [0.05, 0.1) is 0 Å². The van der Waals surface area contributed by atoms with E-state index in [2.05, 4.69) is 15.6 Å². The summed E-state index contributed by atoms with van der Waals surface area (Å²) in [6, 6.07) is 11.5. The number of carbonyl (C=O) groups excluding carboxylic acids is 1. The Labute approximate surface area is 119 Å². The predicted octanol–water partition coefficient (Wildman–Crippen LogP) is 2.75. The fourth-order valence-electron chi connectivity index (χ4n) is 1.84. The first-order valence-corrected chi connectivity index (χ1v) is 6.72. The largest absolute Gasteiger partial charge is 0.381 e. The fraction of sp³-hybridized carbons (Fsp3) is 0.250. The highest BCUT2D eigenvalue weighted by Crippen LogP contribution is 2.12. The number of hydrogen-bond donors (Lipinski definition) is 2. The Morgan fingerprint density at radius 1 is 1.25 bits per heavy atom. The number of aryl methyl sites for hydroxylation is 1. The van der Waals surface area contributed by atoms with Crippen LogP contribution in [0.15, 0.2) is 42.6 Å². The Balaban J connectivity index is 2.01. The van der Waals surface area contributed by atoms with Crippen molar-refractivity contribution in [3.05, 3.63) is 59.4 Å². The highest BCUT2D eigenvalue weighted by atomic mass is 16.1. The zero-order valence-corrected chi connectivity index (χ0v) is 11.8. The van der Waals surface area contributed by atoms with Gasteiger partial charge in [-0.2, -0.15) is 0 Å². The van der Waals surface area contributed by atoms with E-state index < -0.39 is 0 Å². The quantitative estimate of drug-likeness (QED) is 0.877. The monoisotopic (exact) mass is 269 g/mol. The highest BCUT2D eigenvalue weighted by Gasteiger charge is 2.04. The summed E-state index contributed by atoms with van der Waals surface area (Å²) >= 11 is 0. The molecule has 20 heavy (non-hydrogen) atoms. The summed E-state index contributed by atoms with van der Waals surface area (Å²) in [5.74, 6) is -0.0480. The number of pyridine rings is 1. The number of amides is 1. The van der Waals surface area contributed by atoms with Crippen LogP contribution in [-0.2, 0) is 6.54 Å². The predicted molar refractivity (Wildman–Crippen MR) is 80.7 cm³/mol. The maximum atomic E-state index is 11.8. The number of anilines is 1. The molecular weight excluding hydrogens is 250 g/mol. The minimum Gasteiger partial charge on any atom is -0.381 e. The number of hydrogen-bond acceptors (Lipinski definition) is 3. The van der Waals surface area contributed by atoms with Gasteiger partial charge in [-0.05, 0) is 43.7 Å².